The number of fused-ring (bicyclic) bond motifs is 1. The highest BCUT2D eigenvalue weighted by Crippen LogP contribution is 2.22. The zero-order valence-corrected chi connectivity index (χ0v) is 10.8. The summed E-state index contributed by atoms with van der Waals surface area (Å²) >= 11 is 5.85. The minimum absolute atomic E-state index is 0.165. The molecule has 10 heteroatoms. The molecule has 1 fully saturated rings. The van der Waals surface area contributed by atoms with Gasteiger partial charge >= 0.3 is 0 Å². The molecule has 4 atom stereocenters. The molecule has 0 saturated carbocycles. The molecular weight excluding hydrogens is 292 g/mol. The molecule has 0 unspecified atom stereocenters. The minimum Gasteiger partial charge on any atom is -0.394 e. The molecule has 1 aliphatic heterocycles. The van der Waals surface area contributed by atoms with Gasteiger partial charge in [0.15, 0.2) is 5.15 Å². The van der Waals surface area contributed by atoms with Gasteiger partial charge in [0.1, 0.15) is 36.5 Å². The first kappa shape index (κ1) is 13.5. The number of aliphatic hydroxyl groups excluding tert-OH is 3. The summed E-state index contributed by atoms with van der Waals surface area (Å²) in [6, 6.07) is 0. The molecular formula is C10H11ClN4O5. The van der Waals surface area contributed by atoms with Crippen molar-refractivity contribution >= 4 is 22.8 Å². The lowest BCUT2D eigenvalue weighted by Crippen LogP contribution is -2.38. The molecule has 0 aliphatic carbocycles. The first-order valence-corrected chi connectivity index (χ1v) is 6.12. The van der Waals surface area contributed by atoms with E-state index in [0.717, 1.165) is 4.73 Å². The fourth-order valence-electron chi connectivity index (χ4n) is 1.93. The Balaban J connectivity index is 1.85. The van der Waals surface area contributed by atoms with Crippen molar-refractivity contribution in [3.63, 3.8) is 0 Å². The van der Waals surface area contributed by atoms with Crippen LogP contribution in [0.25, 0.3) is 11.2 Å². The van der Waals surface area contributed by atoms with Crippen molar-refractivity contribution in [3.8, 4) is 0 Å². The fourth-order valence-corrected chi connectivity index (χ4v) is 2.10. The van der Waals surface area contributed by atoms with Gasteiger partial charge in [-0.1, -0.05) is 11.6 Å². The lowest BCUT2D eigenvalue weighted by Gasteiger charge is -2.16. The van der Waals surface area contributed by atoms with E-state index in [1.807, 2.05) is 0 Å². The molecule has 3 N–H and O–H groups in total. The summed E-state index contributed by atoms with van der Waals surface area (Å²) in [5.74, 6) is 0. The van der Waals surface area contributed by atoms with Crippen LogP contribution in [0.15, 0.2) is 12.7 Å². The van der Waals surface area contributed by atoms with Crippen molar-refractivity contribution < 1.29 is 24.9 Å². The quantitative estimate of drug-likeness (QED) is 0.576. The van der Waals surface area contributed by atoms with E-state index in [-0.39, 0.29) is 5.15 Å². The van der Waals surface area contributed by atoms with Crippen molar-refractivity contribution in [3.05, 3.63) is 17.8 Å². The van der Waals surface area contributed by atoms with E-state index in [4.69, 9.17) is 26.3 Å². The molecule has 1 saturated heterocycles. The molecule has 2 aromatic heterocycles. The Labute approximate surface area is 117 Å². The Morgan fingerprint density at radius 1 is 1.30 bits per heavy atom. The van der Waals surface area contributed by atoms with Crippen LogP contribution in [0.4, 0.5) is 0 Å². The van der Waals surface area contributed by atoms with E-state index in [1.165, 1.54) is 12.7 Å². The lowest BCUT2D eigenvalue weighted by molar-refractivity contribution is -0.169. The number of hydrogen-bond acceptors (Lipinski definition) is 8. The molecule has 2 aromatic rings. The van der Waals surface area contributed by atoms with Crippen LogP contribution in [-0.2, 0) is 4.74 Å². The van der Waals surface area contributed by atoms with Crippen LogP contribution >= 0.6 is 11.6 Å². The molecule has 1 aliphatic rings. The lowest BCUT2D eigenvalue weighted by atomic mass is 10.1. The van der Waals surface area contributed by atoms with Gasteiger partial charge in [-0.15, -0.1) is 4.73 Å². The average Bonchev–Trinajstić information content (AvgIpc) is 2.97. The van der Waals surface area contributed by atoms with Gasteiger partial charge in [-0.3, -0.25) is 0 Å². The number of nitrogens with zero attached hydrogens (tertiary/aromatic N) is 4. The van der Waals surface area contributed by atoms with Gasteiger partial charge in [-0.05, 0) is 0 Å². The summed E-state index contributed by atoms with van der Waals surface area (Å²) in [6.07, 6.45) is -2.08. The third-order valence-corrected chi connectivity index (χ3v) is 3.25. The summed E-state index contributed by atoms with van der Waals surface area (Å²) in [7, 11) is 0. The van der Waals surface area contributed by atoms with Crippen LogP contribution in [0.1, 0.15) is 0 Å². The molecule has 0 spiro atoms. The molecule has 0 radical (unpaired) electrons. The van der Waals surface area contributed by atoms with Gasteiger partial charge in [0.05, 0.1) is 6.61 Å². The van der Waals surface area contributed by atoms with Gasteiger partial charge < -0.3 is 24.9 Å². The van der Waals surface area contributed by atoms with Crippen LogP contribution in [0.3, 0.4) is 0 Å². The first-order valence-electron chi connectivity index (χ1n) is 5.75. The van der Waals surface area contributed by atoms with E-state index in [9.17, 15) is 10.2 Å². The van der Waals surface area contributed by atoms with Crippen LogP contribution in [-0.4, -0.2) is 66.2 Å². The highest BCUT2D eigenvalue weighted by Gasteiger charge is 2.44. The van der Waals surface area contributed by atoms with Gasteiger partial charge in [0.2, 0.25) is 5.65 Å². The number of hydrogen-bond donors (Lipinski definition) is 3. The third kappa shape index (κ3) is 2.09. The van der Waals surface area contributed by atoms with Gasteiger partial charge in [0, 0.05) is 0 Å². The Morgan fingerprint density at radius 3 is 2.80 bits per heavy atom. The van der Waals surface area contributed by atoms with Crippen molar-refractivity contribution in [2.24, 2.45) is 0 Å². The van der Waals surface area contributed by atoms with E-state index in [1.54, 1.807) is 0 Å². The Bertz CT molecular complexity index is 623. The van der Waals surface area contributed by atoms with Crippen molar-refractivity contribution in [1.82, 2.24) is 19.7 Å². The van der Waals surface area contributed by atoms with Crippen molar-refractivity contribution in [1.29, 1.82) is 0 Å². The Kier molecular flexibility index (Phi) is 3.44. The molecule has 9 nitrogen and oxygen atoms in total. The molecule has 3 heterocycles. The predicted molar refractivity (Wildman–Crippen MR) is 64.7 cm³/mol. The zero-order valence-electron chi connectivity index (χ0n) is 10.00. The largest absolute Gasteiger partial charge is 0.394 e. The average molecular weight is 303 g/mol. The van der Waals surface area contributed by atoms with Crippen molar-refractivity contribution in [2.45, 2.75) is 24.6 Å². The summed E-state index contributed by atoms with van der Waals surface area (Å²) in [4.78, 5) is 17.1. The maximum absolute atomic E-state index is 9.78. The number of rotatable bonds is 3. The first-order chi connectivity index (χ1) is 9.61. The standard InChI is InChI=1S/C10H11ClN4O5/c11-8-5-9(13-2-12-8)15(3-14-5)20-10-7(18)6(17)4(1-16)19-10/h2-4,6-7,10,16-18H,1H2/t4-,6-,7-,10+/m1/s1. The van der Waals surface area contributed by atoms with E-state index in [0.29, 0.717) is 11.2 Å². The van der Waals surface area contributed by atoms with Crippen LogP contribution in [0, 0.1) is 0 Å². The molecule has 20 heavy (non-hydrogen) atoms. The minimum atomic E-state index is -1.30. The molecule has 0 amide bonds. The Hall–Kier alpha value is -1.52. The van der Waals surface area contributed by atoms with E-state index >= 15 is 0 Å². The summed E-state index contributed by atoms with van der Waals surface area (Å²) in [6.45, 7) is -0.434. The van der Waals surface area contributed by atoms with Gasteiger partial charge in [-0.25, -0.2) is 15.0 Å². The monoisotopic (exact) mass is 302 g/mol. The second kappa shape index (κ2) is 5.11. The number of ether oxygens (including phenoxy) is 1. The highest BCUT2D eigenvalue weighted by molar-refractivity contribution is 6.33. The zero-order chi connectivity index (χ0) is 14.3. The molecule has 0 bridgehead atoms. The number of aliphatic hydroxyl groups is 3. The smallest absolute Gasteiger partial charge is 0.254 e. The summed E-state index contributed by atoms with van der Waals surface area (Å²) in [5, 5.41) is 28.6. The highest BCUT2D eigenvalue weighted by atomic mass is 35.5. The maximum atomic E-state index is 9.78. The van der Waals surface area contributed by atoms with Crippen LogP contribution in [0.5, 0.6) is 0 Å². The number of imidazole rings is 1. The molecule has 0 aromatic carbocycles. The maximum Gasteiger partial charge on any atom is 0.254 e. The number of halogens is 1. The normalized spacial score (nSPS) is 30.0. The fraction of sp³-hybridized carbons (Fsp3) is 0.500. The predicted octanol–water partition coefficient (Wildman–Crippen LogP) is -1.65. The number of aromatic nitrogens is 4. The van der Waals surface area contributed by atoms with Crippen molar-refractivity contribution in [2.75, 3.05) is 6.61 Å². The van der Waals surface area contributed by atoms with Gasteiger partial charge in [0.25, 0.3) is 6.29 Å². The topological polar surface area (TPSA) is 123 Å². The van der Waals surface area contributed by atoms with Crippen LogP contribution < -0.4 is 4.84 Å². The van der Waals surface area contributed by atoms with E-state index in [2.05, 4.69) is 15.0 Å². The summed E-state index contributed by atoms with van der Waals surface area (Å²) < 4.78 is 6.35. The third-order valence-electron chi connectivity index (χ3n) is 2.97. The van der Waals surface area contributed by atoms with Gasteiger partial charge in [-0.2, -0.15) is 0 Å². The second-order valence-electron chi connectivity index (χ2n) is 4.22. The van der Waals surface area contributed by atoms with E-state index < -0.39 is 31.2 Å². The Morgan fingerprint density at radius 2 is 2.10 bits per heavy atom. The second-order valence-corrected chi connectivity index (χ2v) is 4.58. The summed E-state index contributed by atoms with van der Waals surface area (Å²) in [5.41, 5.74) is 0.628. The van der Waals surface area contributed by atoms with Crippen LogP contribution in [0.2, 0.25) is 5.15 Å². The molecule has 3 rings (SSSR count). The SMILES string of the molecule is OC[C@H]1O[C@@H](On2cnc3c(Cl)ncnc32)[C@H](O)[C@@H]1O. The molecule has 108 valence electrons.